The van der Waals surface area contributed by atoms with Gasteiger partial charge in [0.15, 0.2) is 0 Å². The lowest BCUT2D eigenvalue weighted by atomic mass is 9.94. The van der Waals surface area contributed by atoms with Gasteiger partial charge < -0.3 is 14.7 Å². The number of aliphatic hydroxyl groups is 1. The first-order valence-electron chi connectivity index (χ1n) is 4.93. The predicted octanol–water partition coefficient (Wildman–Crippen LogP) is 0.726. The van der Waals surface area contributed by atoms with Crippen LogP contribution >= 0.6 is 0 Å². The summed E-state index contributed by atoms with van der Waals surface area (Å²) in [7, 11) is 1.77. The molecule has 0 aromatic heterocycles. The summed E-state index contributed by atoms with van der Waals surface area (Å²) < 4.78 is 5.29. The highest BCUT2D eigenvalue weighted by molar-refractivity contribution is 4.80. The summed E-state index contributed by atoms with van der Waals surface area (Å²) >= 11 is 0. The maximum absolute atomic E-state index is 9.12. The van der Waals surface area contributed by atoms with Gasteiger partial charge in [-0.15, -0.1) is 0 Å². The number of hydrogen-bond acceptors (Lipinski definition) is 3. The molecular weight excluding hydrogens is 166 g/mol. The van der Waals surface area contributed by atoms with E-state index in [1.807, 2.05) is 0 Å². The second kappa shape index (κ2) is 4.40. The number of ether oxygens (including phenoxy) is 1. The fourth-order valence-electron chi connectivity index (χ4n) is 1.79. The van der Waals surface area contributed by atoms with E-state index >= 15 is 0 Å². The fourth-order valence-corrected chi connectivity index (χ4v) is 1.79. The van der Waals surface area contributed by atoms with E-state index in [2.05, 4.69) is 18.7 Å². The van der Waals surface area contributed by atoms with E-state index in [-0.39, 0.29) is 12.0 Å². The first-order valence-corrected chi connectivity index (χ1v) is 4.93. The van der Waals surface area contributed by atoms with E-state index < -0.39 is 0 Å². The van der Waals surface area contributed by atoms with Crippen LogP contribution in [0.5, 0.6) is 0 Å². The number of rotatable bonds is 4. The average molecular weight is 187 g/mol. The van der Waals surface area contributed by atoms with Crippen LogP contribution in [0, 0.1) is 5.41 Å². The lowest BCUT2D eigenvalue weighted by Gasteiger charge is -2.28. The number of likely N-dealkylation sites (tertiary alicyclic amines) is 1. The van der Waals surface area contributed by atoms with E-state index in [9.17, 15) is 0 Å². The van der Waals surface area contributed by atoms with Gasteiger partial charge in [-0.3, -0.25) is 0 Å². The van der Waals surface area contributed by atoms with Crippen molar-refractivity contribution in [3.63, 3.8) is 0 Å². The molecule has 1 rings (SSSR count). The highest BCUT2D eigenvalue weighted by Crippen LogP contribution is 2.20. The van der Waals surface area contributed by atoms with Gasteiger partial charge in [-0.1, -0.05) is 13.8 Å². The van der Waals surface area contributed by atoms with Crippen LogP contribution in [0.25, 0.3) is 0 Å². The Balaban J connectivity index is 2.31. The van der Waals surface area contributed by atoms with Crippen LogP contribution in [-0.4, -0.2) is 49.5 Å². The Kier molecular flexibility index (Phi) is 3.71. The molecule has 1 heterocycles. The molecule has 0 saturated carbocycles. The lowest BCUT2D eigenvalue weighted by Crippen LogP contribution is -2.35. The quantitative estimate of drug-likeness (QED) is 0.704. The summed E-state index contributed by atoms with van der Waals surface area (Å²) in [6, 6.07) is 0. The summed E-state index contributed by atoms with van der Waals surface area (Å²) in [6.07, 6.45) is 1.52. The summed E-state index contributed by atoms with van der Waals surface area (Å²) in [4.78, 5) is 2.37. The zero-order valence-electron chi connectivity index (χ0n) is 8.92. The second-order valence-corrected chi connectivity index (χ2v) is 4.70. The monoisotopic (exact) mass is 187 g/mol. The van der Waals surface area contributed by atoms with Crippen molar-refractivity contribution < 1.29 is 9.84 Å². The Morgan fingerprint density at radius 1 is 1.54 bits per heavy atom. The van der Waals surface area contributed by atoms with Gasteiger partial charge >= 0.3 is 0 Å². The van der Waals surface area contributed by atoms with Gasteiger partial charge in [0, 0.05) is 38.8 Å². The molecule has 0 spiro atoms. The summed E-state index contributed by atoms with van der Waals surface area (Å²) in [6.45, 7) is 7.51. The standard InChI is InChI=1S/C10H21NO2/c1-10(2,8-12)7-11-5-4-9(6-11)13-3/h9,12H,4-8H2,1-3H3. The van der Waals surface area contributed by atoms with Crippen molar-refractivity contribution >= 4 is 0 Å². The summed E-state index contributed by atoms with van der Waals surface area (Å²) in [5, 5.41) is 9.12. The third-order valence-corrected chi connectivity index (χ3v) is 2.64. The molecule has 1 aliphatic rings. The minimum atomic E-state index is 0.0165. The maximum atomic E-state index is 9.12. The number of methoxy groups -OCH3 is 1. The van der Waals surface area contributed by atoms with Gasteiger partial charge in [0.25, 0.3) is 0 Å². The van der Waals surface area contributed by atoms with Crippen molar-refractivity contribution in [2.45, 2.75) is 26.4 Å². The molecule has 1 unspecified atom stereocenters. The van der Waals surface area contributed by atoms with E-state index in [0.717, 1.165) is 26.1 Å². The van der Waals surface area contributed by atoms with Crippen LogP contribution in [0.4, 0.5) is 0 Å². The molecule has 13 heavy (non-hydrogen) atoms. The van der Waals surface area contributed by atoms with Gasteiger partial charge in [-0.05, 0) is 6.42 Å². The molecule has 1 fully saturated rings. The average Bonchev–Trinajstić information content (AvgIpc) is 2.52. The van der Waals surface area contributed by atoms with Crippen LogP contribution in [0.15, 0.2) is 0 Å². The molecular formula is C10H21NO2. The molecule has 3 nitrogen and oxygen atoms in total. The number of hydrogen-bond donors (Lipinski definition) is 1. The number of aliphatic hydroxyl groups excluding tert-OH is 1. The molecule has 0 bridgehead atoms. The van der Waals surface area contributed by atoms with Gasteiger partial charge in [-0.2, -0.15) is 0 Å². The predicted molar refractivity (Wildman–Crippen MR) is 52.7 cm³/mol. The Morgan fingerprint density at radius 3 is 2.69 bits per heavy atom. The first-order chi connectivity index (χ1) is 6.07. The molecule has 78 valence electrons. The first kappa shape index (κ1) is 11.0. The Morgan fingerprint density at radius 2 is 2.23 bits per heavy atom. The number of nitrogens with zero attached hydrogens (tertiary/aromatic N) is 1. The molecule has 3 heteroatoms. The van der Waals surface area contributed by atoms with Crippen molar-refractivity contribution in [2.75, 3.05) is 33.4 Å². The Hall–Kier alpha value is -0.120. The van der Waals surface area contributed by atoms with Crippen molar-refractivity contribution in [2.24, 2.45) is 5.41 Å². The molecule has 0 amide bonds. The van der Waals surface area contributed by atoms with Crippen molar-refractivity contribution in [1.29, 1.82) is 0 Å². The fraction of sp³-hybridized carbons (Fsp3) is 1.00. The largest absolute Gasteiger partial charge is 0.396 e. The van der Waals surface area contributed by atoms with Crippen LogP contribution in [0.3, 0.4) is 0 Å². The Bertz CT molecular complexity index is 159. The zero-order chi connectivity index (χ0) is 9.90. The van der Waals surface area contributed by atoms with E-state index in [1.54, 1.807) is 7.11 Å². The summed E-state index contributed by atoms with van der Waals surface area (Å²) in [5.41, 5.74) is 0.0165. The Labute approximate surface area is 80.7 Å². The molecule has 1 N–H and O–H groups in total. The molecule has 0 radical (unpaired) electrons. The van der Waals surface area contributed by atoms with Crippen LogP contribution in [0.2, 0.25) is 0 Å². The van der Waals surface area contributed by atoms with Gasteiger partial charge in [-0.25, -0.2) is 0 Å². The van der Waals surface area contributed by atoms with E-state index in [4.69, 9.17) is 9.84 Å². The molecule has 1 saturated heterocycles. The molecule has 1 aliphatic heterocycles. The molecule has 0 aromatic carbocycles. The third-order valence-electron chi connectivity index (χ3n) is 2.64. The van der Waals surface area contributed by atoms with Crippen molar-refractivity contribution in [3.8, 4) is 0 Å². The zero-order valence-corrected chi connectivity index (χ0v) is 8.92. The van der Waals surface area contributed by atoms with Crippen molar-refractivity contribution in [1.82, 2.24) is 4.90 Å². The molecule has 0 aromatic rings. The minimum Gasteiger partial charge on any atom is -0.396 e. The maximum Gasteiger partial charge on any atom is 0.0710 e. The highest BCUT2D eigenvalue weighted by atomic mass is 16.5. The van der Waals surface area contributed by atoms with Gasteiger partial charge in [0.2, 0.25) is 0 Å². The van der Waals surface area contributed by atoms with Gasteiger partial charge in [0.1, 0.15) is 0 Å². The van der Waals surface area contributed by atoms with E-state index in [1.165, 1.54) is 0 Å². The van der Waals surface area contributed by atoms with Crippen LogP contribution in [0.1, 0.15) is 20.3 Å². The third kappa shape index (κ3) is 3.25. The van der Waals surface area contributed by atoms with Crippen molar-refractivity contribution in [3.05, 3.63) is 0 Å². The second-order valence-electron chi connectivity index (χ2n) is 4.70. The van der Waals surface area contributed by atoms with Gasteiger partial charge in [0.05, 0.1) is 6.10 Å². The highest BCUT2D eigenvalue weighted by Gasteiger charge is 2.27. The summed E-state index contributed by atoms with van der Waals surface area (Å²) in [5.74, 6) is 0. The minimum absolute atomic E-state index is 0.0165. The smallest absolute Gasteiger partial charge is 0.0710 e. The molecule has 1 atom stereocenters. The lowest BCUT2D eigenvalue weighted by molar-refractivity contribution is 0.0854. The topological polar surface area (TPSA) is 32.7 Å². The van der Waals surface area contributed by atoms with E-state index in [0.29, 0.717) is 6.10 Å². The van der Waals surface area contributed by atoms with Crippen LogP contribution < -0.4 is 0 Å². The SMILES string of the molecule is COC1CCN(CC(C)(C)CO)C1. The molecule has 0 aliphatic carbocycles. The van der Waals surface area contributed by atoms with Crippen LogP contribution in [-0.2, 0) is 4.74 Å². The normalized spacial score (nSPS) is 25.4.